The van der Waals surface area contributed by atoms with Crippen LogP contribution >= 0.6 is 0 Å². The molecule has 0 saturated carbocycles. The summed E-state index contributed by atoms with van der Waals surface area (Å²) in [6.45, 7) is 4.72. The minimum Gasteiger partial charge on any atom is -0.490 e. The molecule has 0 radical (unpaired) electrons. The van der Waals surface area contributed by atoms with Gasteiger partial charge in [0.2, 0.25) is 0 Å². The summed E-state index contributed by atoms with van der Waals surface area (Å²) in [7, 11) is 0. The molecule has 1 unspecified atom stereocenters. The summed E-state index contributed by atoms with van der Waals surface area (Å²) < 4.78 is 5.57. The van der Waals surface area contributed by atoms with E-state index >= 15 is 0 Å². The predicted molar refractivity (Wildman–Crippen MR) is 68.7 cm³/mol. The van der Waals surface area contributed by atoms with E-state index in [-0.39, 0.29) is 6.04 Å². The summed E-state index contributed by atoms with van der Waals surface area (Å²) >= 11 is 0. The van der Waals surface area contributed by atoms with Crippen LogP contribution < -0.4 is 10.5 Å². The lowest BCUT2D eigenvalue weighted by Gasteiger charge is -2.10. The Morgan fingerprint density at radius 2 is 2.25 bits per heavy atom. The molecule has 0 aliphatic carbocycles. The average molecular weight is 219 g/mol. The Bertz CT molecular complexity index is 333. The molecule has 0 aliphatic rings. The maximum atomic E-state index is 5.92. The molecule has 2 N–H and O–H groups in total. The van der Waals surface area contributed by atoms with Crippen LogP contribution in [0.25, 0.3) is 0 Å². The molecule has 0 aliphatic heterocycles. The maximum Gasteiger partial charge on any atom is 0.120 e. The minimum absolute atomic E-state index is 0.241. The van der Waals surface area contributed by atoms with Gasteiger partial charge in [0.05, 0.1) is 0 Å². The molecule has 0 fully saturated rings. The van der Waals surface area contributed by atoms with Crippen molar-refractivity contribution in [3.05, 3.63) is 42.0 Å². The Kier molecular flexibility index (Phi) is 5.65. The van der Waals surface area contributed by atoms with E-state index in [0.717, 1.165) is 18.6 Å². The van der Waals surface area contributed by atoms with Crippen molar-refractivity contribution in [2.45, 2.75) is 32.7 Å². The lowest BCUT2D eigenvalue weighted by molar-refractivity contribution is 0.362. The first-order chi connectivity index (χ1) is 7.76. The second-order valence-corrected chi connectivity index (χ2v) is 3.90. The Morgan fingerprint density at radius 1 is 1.44 bits per heavy atom. The molecule has 16 heavy (non-hydrogen) atoms. The Balaban J connectivity index is 2.56. The Morgan fingerprint density at radius 3 is 2.94 bits per heavy atom. The second kappa shape index (κ2) is 7.07. The van der Waals surface area contributed by atoms with E-state index < -0.39 is 0 Å². The molecule has 1 aromatic rings. The van der Waals surface area contributed by atoms with E-state index in [0.29, 0.717) is 6.61 Å². The molecule has 1 aromatic carbocycles. The number of hydrogen-bond acceptors (Lipinski definition) is 2. The monoisotopic (exact) mass is 219 g/mol. The van der Waals surface area contributed by atoms with Crippen LogP contribution in [-0.2, 0) is 6.42 Å². The largest absolute Gasteiger partial charge is 0.490 e. The van der Waals surface area contributed by atoms with Gasteiger partial charge in [0.25, 0.3) is 0 Å². The summed E-state index contributed by atoms with van der Waals surface area (Å²) in [4.78, 5) is 0. The fourth-order valence-corrected chi connectivity index (χ4v) is 1.45. The number of allylic oxidation sites excluding steroid dienone is 1. The average Bonchev–Trinajstić information content (AvgIpc) is 2.30. The predicted octanol–water partition coefficient (Wildman–Crippen LogP) is 2.92. The van der Waals surface area contributed by atoms with Gasteiger partial charge in [-0.1, -0.05) is 31.2 Å². The zero-order chi connectivity index (χ0) is 11.8. The van der Waals surface area contributed by atoms with Crippen molar-refractivity contribution in [1.82, 2.24) is 0 Å². The molecule has 0 aromatic heterocycles. The molecule has 1 atom stereocenters. The fourth-order valence-electron chi connectivity index (χ4n) is 1.45. The van der Waals surface area contributed by atoms with E-state index in [1.54, 1.807) is 0 Å². The summed E-state index contributed by atoms with van der Waals surface area (Å²) in [5, 5.41) is 0. The molecule has 2 heteroatoms. The van der Waals surface area contributed by atoms with Crippen LogP contribution in [-0.4, -0.2) is 12.6 Å². The first-order valence-electron chi connectivity index (χ1n) is 5.84. The van der Waals surface area contributed by atoms with Crippen molar-refractivity contribution in [3.63, 3.8) is 0 Å². The minimum atomic E-state index is 0.241. The van der Waals surface area contributed by atoms with E-state index in [2.05, 4.69) is 19.1 Å². The normalized spacial score (nSPS) is 12.9. The molecule has 0 spiro atoms. The number of rotatable bonds is 6. The standard InChI is InChI=1S/C14H21NO/c1-3-5-9-16-14-8-6-7-12(11-14)10-13(15)4-2/h3,5-8,11,13H,4,9-10,15H2,1-2H3/b5-3+. The van der Waals surface area contributed by atoms with E-state index in [1.807, 2.05) is 31.2 Å². The maximum absolute atomic E-state index is 5.92. The smallest absolute Gasteiger partial charge is 0.120 e. The number of ether oxygens (including phenoxy) is 1. The number of benzene rings is 1. The van der Waals surface area contributed by atoms with Gasteiger partial charge in [0.15, 0.2) is 0 Å². The molecular formula is C14H21NO. The lowest BCUT2D eigenvalue weighted by Crippen LogP contribution is -2.21. The molecule has 2 nitrogen and oxygen atoms in total. The van der Waals surface area contributed by atoms with Crippen LogP contribution in [0.1, 0.15) is 25.8 Å². The van der Waals surface area contributed by atoms with Crippen LogP contribution in [0.2, 0.25) is 0 Å². The molecular weight excluding hydrogens is 198 g/mol. The van der Waals surface area contributed by atoms with Crippen molar-refractivity contribution in [3.8, 4) is 5.75 Å². The molecule has 0 amide bonds. The highest BCUT2D eigenvalue weighted by molar-refractivity contribution is 5.29. The van der Waals surface area contributed by atoms with Crippen molar-refractivity contribution in [2.24, 2.45) is 5.73 Å². The van der Waals surface area contributed by atoms with Crippen LogP contribution in [0.5, 0.6) is 5.75 Å². The van der Waals surface area contributed by atoms with Crippen molar-refractivity contribution < 1.29 is 4.74 Å². The van der Waals surface area contributed by atoms with Crippen LogP contribution in [0.4, 0.5) is 0 Å². The topological polar surface area (TPSA) is 35.2 Å². The zero-order valence-electron chi connectivity index (χ0n) is 10.1. The summed E-state index contributed by atoms with van der Waals surface area (Å²) in [5.41, 5.74) is 7.17. The summed E-state index contributed by atoms with van der Waals surface area (Å²) in [6.07, 6.45) is 5.89. The fraction of sp³-hybridized carbons (Fsp3) is 0.429. The van der Waals surface area contributed by atoms with E-state index in [4.69, 9.17) is 10.5 Å². The second-order valence-electron chi connectivity index (χ2n) is 3.90. The Labute approximate surface area is 98.1 Å². The van der Waals surface area contributed by atoms with Gasteiger partial charge < -0.3 is 10.5 Å². The Hall–Kier alpha value is -1.28. The quantitative estimate of drug-likeness (QED) is 0.747. The van der Waals surface area contributed by atoms with Crippen LogP contribution in [0, 0.1) is 0 Å². The molecule has 88 valence electrons. The van der Waals surface area contributed by atoms with E-state index in [1.165, 1.54) is 5.56 Å². The van der Waals surface area contributed by atoms with Gasteiger partial charge in [-0.2, -0.15) is 0 Å². The highest BCUT2D eigenvalue weighted by atomic mass is 16.5. The van der Waals surface area contributed by atoms with Gasteiger partial charge in [0, 0.05) is 6.04 Å². The highest BCUT2D eigenvalue weighted by Gasteiger charge is 2.02. The third kappa shape index (κ3) is 4.49. The van der Waals surface area contributed by atoms with Gasteiger partial charge in [-0.05, 0) is 37.5 Å². The number of nitrogens with two attached hydrogens (primary N) is 1. The number of hydrogen-bond donors (Lipinski definition) is 1. The first kappa shape index (κ1) is 12.8. The molecule has 0 saturated heterocycles. The van der Waals surface area contributed by atoms with Gasteiger partial charge in [0.1, 0.15) is 12.4 Å². The van der Waals surface area contributed by atoms with Crippen LogP contribution in [0.15, 0.2) is 36.4 Å². The van der Waals surface area contributed by atoms with Crippen LogP contribution in [0.3, 0.4) is 0 Å². The molecule has 1 rings (SSSR count). The zero-order valence-corrected chi connectivity index (χ0v) is 10.1. The van der Waals surface area contributed by atoms with Crippen molar-refractivity contribution in [1.29, 1.82) is 0 Å². The van der Waals surface area contributed by atoms with Gasteiger partial charge in [-0.25, -0.2) is 0 Å². The van der Waals surface area contributed by atoms with Crippen molar-refractivity contribution >= 4 is 0 Å². The third-order valence-corrected chi connectivity index (χ3v) is 2.50. The molecule has 0 bridgehead atoms. The van der Waals surface area contributed by atoms with Gasteiger partial charge in [-0.3, -0.25) is 0 Å². The summed E-state index contributed by atoms with van der Waals surface area (Å²) in [6, 6.07) is 8.40. The van der Waals surface area contributed by atoms with E-state index in [9.17, 15) is 0 Å². The SMILES string of the molecule is C/C=C/COc1cccc(CC(N)CC)c1. The third-order valence-electron chi connectivity index (χ3n) is 2.50. The van der Waals surface area contributed by atoms with Gasteiger partial charge in [-0.15, -0.1) is 0 Å². The summed E-state index contributed by atoms with van der Waals surface area (Å²) in [5.74, 6) is 0.916. The molecule has 0 heterocycles. The van der Waals surface area contributed by atoms with Gasteiger partial charge >= 0.3 is 0 Å². The van der Waals surface area contributed by atoms with Crippen molar-refractivity contribution in [2.75, 3.05) is 6.61 Å². The lowest BCUT2D eigenvalue weighted by atomic mass is 10.0. The first-order valence-corrected chi connectivity index (χ1v) is 5.84. The highest BCUT2D eigenvalue weighted by Crippen LogP contribution is 2.14.